The Hall–Kier alpha value is -2.62. The normalized spacial score (nSPS) is 10.7. The van der Waals surface area contributed by atoms with Crippen LogP contribution in [0.5, 0.6) is 0 Å². The molecule has 26 heavy (non-hydrogen) atoms. The Morgan fingerprint density at radius 1 is 1.04 bits per heavy atom. The number of hydrogen-bond acceptors (Lipinski definition) is 2. The molecule has 138 valence electrons. The molecule has 2 amide bonds. The van der Waals surface area contributed by atoms with Crippen LogP contribution in [0.1, 0.15) is 53.5 Å². The van der Waals surface area contributed by atoms with E-state index in [9.17, 15) is 9.59 Å². The molecule has 0 fully saturated rings. The third-order valence-corrected chi connectivity index (χ3v) is 4.25. The summed E-state index contributed by atoms with van der Waals surface area (Å²) in [6.45, 7) is 9.39. The van der Waals surface area contributed by atoms with Crippen molar-refractivity contribution in [1.29, 1.82) is 0 Å². The first kappa shape index (κ1) is 19.7. The first-order valence-corrected chi connectivity index (χ1v) is 9.19. The number of rotatable bonds is 7. The number of carbonyl (C=O) groups is 2. The van der Waals surface area contributed by atoms with Crippen LogP contribution < -0.4 is 10.2 Å². The summed E-state index contributed by atoms with van der Waals surface area (Å²) in [7, 11) is 0. The zero-order chi connectivity index (χ0) is 19.1. The number of carbonyl (C=O) groups excluding carboxylic acids is 2. The van der Waals surface area contributed by atoms with E-state index in [4.69, 9.17) is 0 Å². The van der Waals surface area contributed by atoms with E-state index < -0.39 is 0 Å². The molecule has 0 aliphatic heterocycles. The first-order chi connectivity index (χ1) is 12.4. The van der Waals surface area contributed by atoms with E-state index in [0.717, 1.165) is 17.7 Å². The number of anilines is 1. The molecule has 4 heteroatoms. The molecule has 0 heterocycles. The van der Waals surface area contributed by atoms with Gasteiger partial charge in [0, 0.05) is 29.9 Å². The number of hydrogen-bond donors (Lipinski definition) is 1. The van der Waals surface area contributed by atoms with Gasteiger partial charge in [0.05, 0.1) is 0 Å². The topological polar surface area (TPSA) is 49.4 Å². The Morgan fingerprint density at radius 2 is 1.73 bits per heavy atom. The fraction of sp³-hybridized carbons (Fsp3) is 0.364. The molecule has 0 saturated carbocycles. The lowest BCUT2D eigenvalue weighted by atomic mass is 10.1. The summed E-state index contributed by atoms with van der Waals surface area (Å²) in [6.07, 6.45) is 0.932. The minimum atomic E-state index is -0.140. The van der Waals surface area contributed by atoms with Gasteiger partial charge in [-0.25, -0.2) is 0 Å². The molecule has 1 N–H and O–H groups in total. The molecule has 0 unspecified atom stereocenters. The fourth-order valence-electron chi connectivity index (χ4n) is 2.77. The highest BCUT2D eigenvalue weighted by molar-refractivity contribution is 6.07. The van der Waals surface area contributed by atoms with Crippen molar-refractivity contribution < 1.29 is 9.59 Å². The molecule has 0 radical (unpaired) electrons. The molecule has 0 aliphatic rings. The summed E-state index contributed by atoms with van der Waals surface area (Å²) in [4.78, 5) is 27.0. The van der Waals surface area contributed by atoms with Gasteiger partial charge in [0.2, 0.25) is 0 Å². The zero-order valence-corrected chi connectivity index (χ0v) is 16.1. The number of nitrogens with zero attached hydrogens (tertiary/aromatic N) is 1. The Balaban J connectivity index is 2.17. The van der Waals surface area contributed by atoms with Gasteiger partial charge in [0.15, 0.2) is 0 Å². The lowest BCUT2D eigenvalue weighted by molar-refractivity contribution is 0.0952. The van der Waals surface area contributed by atoms with Crippen LogP contribution in [0.15, 0.2) is 48.5 Å². The van der Waals surface area contributed by atoms with Gasteiger partial charge in [0.25, 0.3) is 11.8 Å². The first-order valence-electron chi connectivity index (χ1n) is 9.19. The molecule has 2 rings (SSSR count). The van der Waals surface area contributed by atoms with Crippen LogP contribution in [0.2, 0.25) is 0 Å². The maximum atomic E-state index is 13.0. The molecular weight excluding hydrogens is 324 g/mol. The van der Waals surface area contributed by atoms with Crippen LogP contribution >= 0.6 is 0 Å². The highest BCUT2D eigenvalue weighted by Crippen LogP contribution is 2.19. The van der Waals surface area contributed by atoms with E-state index in [1.165, 1.54) is 0 Å². The van der Waals surface area contributed by atoms with Gasteiger partial charge >= 0.3 is 0 Å². The van der Waals surface area contributed by atoms with Crippen molar-refractivity contribution in [2.24, 2.45) is 5.92 Å². The fourth-order valence-corrected chi connectivity index (χ4v) is 2.77. The summed E-state index contributed by atoms with van der Waals surface area (Å²) >= 11 is 0. The van der Waals surface area contributed by atoms with E-state index >= 15 is 0 Å². The molecular formula is C22H28N2O2. The quantitative estimate of drug-likeness (QED) is 0.801. The average Bonchev–Trinajstić information content (AvgIpc) is 2.62. The molecule has 2 aromatic rings. The molecule has 0 spiro atoms. The second kappa shape index (κ2) is 9.18. The summed E-state index contributed by atoms with van der Waals surface area (Å²) in [5.74, 6) is 0.296. The second-order valence-electron chi connectivity index (χ2n) is 6.91. The van der Waals surface area contributed by atoms with Gasteiger partial charge in [0.1, 0.15) is 0 Å². The lowest BCUT2D eigenvalue weighted by Gasteiger charge is -2.22. The van der Waals surface area contributed by atoms with Gasteiger partial charge in [-0.15, -0.1) is 0 Å². The maximum Gasteiger partial charge on any atom is 0.258 e. The molecule has 2 aromatic carbocycles. The van der Waals surface area contributed by atoms with Gasteiger partial charge in [-0.3, -0.25) is 9.59 Å². The van der Waals surface area contributed by atoms with Gasteiger partial charge in [-0.05, 0) is 62.1 Å². The summed E-state index contributed by atoms with van der Waals surface area (Å²) < 4.78 is 0. The van der Waals surface area contributed by atoms with Crippen molar-refractivity contribution in [3.8, 4) is 0 Å². The van der Waals surface area contributed by atoms with Crippen molar-refractivity contribution >= 4 is 17.5 Å². The highest BCUT2D eigenvalue weighted by Gasteiger charge is 2.17. The van der Waals surface area contributed by atoms with Crippen LogP contribution in [0.25, 0.3) is 0 Å². The summed E-state index contributed by atoms with van der Waals surface area (Å²) in [5.41, 5.74) is 3.00. The van der Waals surface area contributed by atoms with E-state index in [1.54, 1.807) is 29.2 Å². The van der Waals surface area contributed by atoms with Crippen molar-refractivity contribution in [2.45, 2.75) is 34.1 Å². The Kier molecular flexibility index (Phi) is 6.96. The van der Waals surface area contributed by atoms with Crippen LogP contribution in [0.3, 0.4) is 0 Å². The van der Waals surface area contributed by atoms with Gasteiger partial charge < -0.3 is 10.2 Å². The molecule has 0 bridgehead atoms. The minimum Gasteiger partial charge on any atom is -0.352 e. The van der Waals surface area contributed by atoms with E-state index in [-0.39, 0.29) is 11.8 Å². The van der Waals surface area contributed by atoms with Crippen molar-refractivity contribution in [3.05, 3.63) is 65.2 Å². The van der Waals surface area contributed by atoms with Crippen LogP contribution in [0, 0.1) is 12.8 Å². The van der Waals surface area contributed by atoms with E-state index in [2.05, 4.69) is 19.2 Å². The van der Waals surface area contributed by atoms with Crippen molar-refractivity contribution in [2.75, 3.05) is 18.0 Å². The predicted molar refractivity (Wildman–Crippen MR) is 107 cm³/mol. The highest BCUT2D eigenvalue weighted by atomic mass is 16.2. The van der Waals surface area contributed by atoms with Gasteiger partial charge in [-0.1, -0.05) is 32.0 Å². The molecule has 0 saturated heterocycles. The van der Waals surface area contributed by atoms with Crippen LogP contribution in [-0.4, -0.2) is 24.9 Å². The zero-order valence-electron chi connectivity index (χ0n) is 16.1. The Bertz CT molecular complexity index is 768. The number of benzene rings is 2. The third kappa shape index (κ3) is 5.19. The minimum absolute atomic E-state index is 0.102. The van der Waals surface area contributed by atoms with Crippen LogP contribution in [-0.2, 0) is 0 Å². The lowest BCUT2D eigenvalue weighted by Crippen LogP contribution is -2.31. The van der Waals surface area contributed by atoms with Crippen molar-refractivity contribution in [1.82, 2.24) is 5.32 Å². The van der Waals surface area contributed by atoms with E-state index in [0.29, 0.717) is 30.1 Å². The number of nitrogens with one attached hydrogen (secondary N) is 1. The largest absolute Gasteiger partial charge is 0.352 e. The maximum absolute atomic E-state index is 13.0. The number of amides is 2. The Labute approximate surface area is 156 Å². The van der Waals surface area contributed by atoms with Crippen LogP contribution in [0.4, 0.5) is 5.69 Å². The van der Waals surface area contributed by atoms with Gasteiger partial charge in [-0.2, -0.15) is 0 Å². The molecule has 4 nitrogen and oxygen atoms in total. The van der Waals surface area contributed by atoms with Crippen molar-refractivity contribution in [3.63, 3.8) is 0 Å². The SMILES string of the molecule is CCN(C(=O)c1cccc(C(=O)NCCC(C)C)c1)c1cccc(C)c1. The smallest absolute Gasteiger partial charge is 0.258 e. The average molecular weight is 352 g/mol. The Morgan fingerprint density at radius 3 is 2.38 bits per heavy atom. The monoisotopic (exact) mass is 352 g/mol. The number of aryl methyl sites for hydroxylation is 1. The molecule has 0 aromatic heterocycles. The predicted octanol–water partition coefficient (Wildman–Crippen LogP) is 4.44. The standard InChI is InChI=1S/C22H28N2O2/c1-5-24(20-11-6-8-17(4)14-20)22(26)19-10-7-9-18(15-19)21(25)23-13-12-16(2)3/h6-11,14-16H,5,12-13H2,1-4H3,(H,23,25). The molecule has 0 aliphatic carbocycles. The molecule has 0 atom stereocenters. The second-order valence-corrected chi connectivity index (χ2v) is 6.91. The van der Waals surface area contributed by atoms with E-state index in [1.807, 2.05) is 38.1 Å². The third-order valence-electron chi connectivity index (χ3n) is 4.25. The summed E-state index contributed by atoms with van der Waals surface area (Å²) in [6, 6.07) is 14.8. The summed E-state index contributed by atoms with van der Waals surface area (Å²) in [5, 5.41) is 2.91.